The number of hydrogen-bond donors (Lipinski definition) is 1. The van der Waals surface area contributed by atoms with Crippen molar-refractivity contribution < 1.29 is 4.79 Å². The van der Waals surface area contributed by atoms with Crippen molar-refractivity contribution in [3.05, 3.63) is 33.8 Å². The largest absolute Gasteiger partial charge is 0.354 e. The van der Waals surface area contributed by atoms with Gasteiger partial charge in [-0.05, 0) is 43.6 Å². The summed E-state index contributed by atoms with van der Waals surface area (Å²) < 4.78 is 0. The Morgan fingerprint density at radius 2 is 2.20 bits per heavy atom. The van der Waals surface area contributed by atoms with Crippen molar-refractivity contribution in [3.8, 4) is 0 Å². The van der Waals surface area contributed by atoms with Gasteiger partial charge in [0.15, 0.2) is 0 Å². The van der Waals surface area contributed by atoms with Crippen LogP contribution in [0, 0.1) is 0 Å². The molecule has 20 heavy (non-hydrogen) atoms. The molecule has 1 aliphatic heterocycles. The van der Waals surface area contributed by atoms with Gasteiger partial charge in [-0.3, -0.25) is 9.69 Å². The maximum Gasteiger partial charge on any atom is 0.224 e. The second-order valence-electron chi connectivity index (χ2n) is 5.15. The molecule has 0 unspecified atom stereocenters. The van der Waals surface area contributed by atoms with E-state index in [1.165, 1.54) is 12.8 Å². The Bertz CT molecular complexity index is 479. The number of amides is 1. The molecule has 0 spiro atoms. The molecule has 0 aromatic heterocycles. The number of carbonyl (C=O) groups is 1. The second kappa shape index (κ2) is 7.30. The van der Waals surface area contributed by atoms with Crippen LogP contribution in [-0.4, -0.2) is 36.5 Å². The highest BCUT2D eigenvalue weighted by atomic mass is 35.5. The zero-order chi connectivity index (χ0) is 14.5. The molecule has 1 N–H and O–H groups in total. The van der Waals surface area contributed by atoms with Gasteiger partial charge >= 0.3 is 0 Å². The minimum atomic E-state index is 0.0337. The van der Waals surface area contributed by atoms with Crippen LogP contribution in [0.4, 0.5) is 0 Å². The number of likely N-dealkylation sites (N-methyl/N-ethyl adjacent to an activating group) is 1. The molecule has 110 valence electrons. The van der Waals surface area contributed by atoms with Gasteiger partial charge in [-0.1, -0.05) is 36.2 Å². The van der Waals surface area contributed by atoms with Crippen LogP contribution in [0.1, 0.15) is 25.3 Å². The minimum absolute atomic E-state index is 0.0337. The summed E-state index contributed by atoms with van der Waals surface area (Å²) in [5, 5.41) is 4.02. The lowest BCUT2D eigenvalue weighted by atomic mass is 10.1. The molecule has 0 saturated carbocycles. The van der Waals surface area contributed by atoms with E-state index in [0.29, 0.717) is 22.5 Å². The van der Waals surface area contributed by atoms with Crippen LogP contribution in [0.3, 0.4) is 0 Å². The number of carbonyl (C=O) groups excluding carboxylic acids is 1. The molecule has 3 nitrogen and oxygen atoms in total. The molecule has 0 radical (unpaired) electrons. The topological polar surface area (TPSA) is 32.3 Å². The molecule has 1 saturated heterocycles. The Kier molecular flexibility index (Phi) is 5.70. The Morgan fingerprint density at radius 3 is 2.90 bits per heavy atom. The summed E-state index contributed by atoms with van der Waals surface area (Å²) in [6.07, 6.45) is 2.73. The fourth-order valence-corrected chi connectivity index (χ4v) is 2.99. The van der Waals surface area contributed by atoms with E-state index in [1.54, 1.807) is 12.1 Å². The molecule has 1 fully saturated rings. The molecule has 5 heteroatoms. The van der Waals surface area contributed by atoms with Gasteiger partial charge < -0.3 is 5.32 Å². The number of likely N-dealkylation sites (tertiary alicyclic amines) is 1. The Morgan fingerprint density at radius 1 is 1.40 bits per heavy atom. The molecule has 2 rings (SSSR count). The molecular formula is C15H20Cl2N2O. The van der Waals surface area contributed by atoms with E-state index in [9.17, 15) is 4.79 Å². The van der Waals surface area contributed by atoms with Crippen LogP contribution in [0.15, 0.2) is 18.2 Å². The van der Waals surface area contributed by atoms with Crippen LogP contribution in [0.5, 0.6) is 0 Å². The summed E-state index contributed by atoms with van der Waals surface area (Å²) in [4.78, 5) is 14.4. The lowest BCUT2D eigenvalue weighted by Crippen LogP contribution is -2.40. The Hall–Kier alpha value is -0.770. The summed E-state index contributed by atoms with van der Waals surface area (Å²) >= 11 is 11.8. The first-order valence-corrected chi connectivity index (χ1v) is 7.80. The van der Waals surface area contributed by atoms with Gasteiger partial charge in [0.05, 0.1) is 16.5 Å². The van der Waals surface area contributed by atoms with Crippen molar-refractivity contribution in [1.29, 1.82) is 0 Å². The maximum absolute atomic E-state index is 12.0. The fourth-order valence-electron chi connectivity index (χ4n) is 2.67. The van der Waals surface area contributed by atoms with Gasteiger partial charge in [0.1, 0.15) is 0 Å². The molecule has 1 aromatic rings. The SMILES string of the molecule is CCN1CCC[C@@H]1CNC(=O)Cc1ccc(Cl)c(Cl)c1. The third kappa shape index (κ3) is 4.11. The van der Waals surface area contributed by atoms with E-state index in [0.717, 1.165) is 25.2 Å². The molecular weight excluding hydrogens is 295 g/mol. The third-order valence-electron chi connectivity index (χ3n) is 3.79. The first-order valence-electron chi connectivity index (χ1n) is 7.05. The highest BCUT2D eigenvalue weighted by Crippen LogP contribution is 2.22. The number of halogens is 2. The zero-order valence-electron chi connectivity index (χ0n) is 11.7. The van der Waals surface area contributed by atoms with E-state index >= 15 is 0 Å². The highest BCUT2D eigenvalue weighted by molar-refractivity contribution is 6.42. The standard InChI is InChI=1S/C15H20Cl2N2O/c1-2-19-7-3-4-12(19)10-18-15(20)9-11-5-6-13(16)14(17)8-11/h5-6,8,12H,2-4,7,9-10H2,1H3,(H,18,20)/t12-/m1/s1. The molecule has 1 aromatic carbocycles. The van der Waals surface area contributed by atoms with Crippen LogP contribution < -0.4 is 5.32 Å². The van der Waals surface area contributed by atoms with Crippen LogP contribution >= 0.6 is 23.2 Å². The van der Waals surface area contributed by atoms with E-state index in [2.05, 4.69) is 17.1 Å². The van der Waals surface area contributed by atoms with Crippen molar-refractivity contribution in [3.63, 3.8) is 0 Å². The monoisotopic (exact) mass is 314 g/mol. The van der Waals surface area contributed by atoms with E-state index in [1.807, 2.05) is 6.07 Å². The average Bonchev–Trinajstić information content (AvgIpc) is 2.88. The predicted molar refractivity (Wildman–Crippen MR) is 83.4 cm³/mol. The molecule has 1 atom stereocenters. The molecule has 0 aliphatic carbocycles. The number of nitrogens with one attached hydrogen (secondary N) is 1. The third-order valence-corrected chi connectivity index (χ3v) is 4.53. The van der Waals surface area contributed by atoms with Crippen molar-refractivity contribution in [2.45, 2.75) is 32.2 Å². The molecule has 1 heterocycles. The summed E-state index contributed by atoms with van der Waals surface area (Å²) in [6, 6.07) is 5.79. The van der Waals surface area contributed by atoms with Crippen molar-refractivity contribution in [1.82, 2.24) is 10.2 Å². The average molecular weight is 315 g/mol. The van der Waals surface area contributed by atoms with Crippen LogP contribution in [-0.2, 0) is 11.2 Å². The first-order chi connectivity index (χ1) is 9.60. The van der Waals surface area contributed by atoms with Gasteiger partial charge in [0.25, 0.3) is 0 Å². The van der Waals surface area contributed by atoms with Gasteiger partial charge in [-0.25, -0.2) is 0 Å². The number of benzene rings is 1. The Balaban J connectivity index is 1.81. The summed E-state index contributed by atoms with van der Waals surface area (Å²) in [5.41, 5.74) is 0.885. The Labute approximate surface area is 130 Å². The zero-order valence-corrected chi connectivity index (χ0v) is 13.2. The maximum atomic E-state index is 12.0. The number of nitrogens with zero attached hydrogens (tertiary/aromatic N) is 1. The smallest absolute Gasteiger partial charge is 0.224 e. The molecule has 1 aliphatic rings. The summed E-state index contributed by atoms with van der Waals surface area (Å²) in [7, 11) is 0. The van der Waals surface area contributed by atoms with E-state index in [-0.39, 0.29) is 5.91 Å². The lowest BCUT2D eigenvalue weighted by Gasteiger charge is -2.22. The van der Waals surface area contributed by atoms with E-state index in [4.69, 9.17) is 23.2 Å². The highest BCUT2D eigenvalue weighted by Gasteiger charge is 2.23. The normalized spacial score (nSPS) is 19.2. The van der Waals surface area contributed by atoms with Gasteiger partial charge in [-0.2, -0.15) is 0 Å². The summed E-state index contributed by atoms with van der Waals surface area (Å²) in [6.45, 7) is 5.08. The quantitative estimate of drug-likeness (QED) is 0.905. The van der Waals surface area contributed by atoms with Crippen LogP contribution in [0.2, 0.25) is 10.0 Å². The number of hydrogen-bond acceptors (Lipinski definition) is 2. The minimum Gasteiger partial charge on any atom is -0.354 e. The van der Waals surface area contributed by atoms with Crippen molar-refractivity contribution in [2.75, 3.05) is 19.6 Å². The van der Waals surface area contributed by atoms with Crippen molar-refractivity contribution in [2.24, 2.45) is 0 Å². The van der Waals surface area contributed by atoms with Gasteiger partial charge in [0, 0.05) is 12.6 Å². The fraction of sp³-hybridized carbons (Fsp3) is 0.533. The predicted octanol–water partition coefficient (Wildman–Crippen LogP) is 3.14. The first kappa shape index (κ1) is 15.6. The van der Waals surface area contributed by atoms with E-state index < -0.39 is 0 Å². The second-order valence-corrected chi connectivity index (χ2v) is 5.97. The summed E-state index contributed by atoms with van der Waals surface area (Å²) in [5.74, 6) is 0.0337. The number of rotatable bonds is 5. The molecule has 1 amide bonds. The van der Waals surface area contributed by atoms with Gasteiger partial charge in [-0.15, -0.1) is 0 Å². The van der Waals surface area contributed by atoms with Crippen molar-refractivity contribution >= 4 is 29.1 Å². The lowest BCUT2D eigenvalue weighted by molar-refractivity contribution is -0.120. The van der Waals surface area contributed by atoms with Crippen LogP contribution in [0.25, 0.3) is 0 Å². The molecule has 0 bridgehead atoms. The van der Waals surface area contributed by atoms with Gasteiger partial charge in [0.2, 0.25) is 5.91 Å².